The summed E-state index contributed by atoms with van der Waals surface area (Å²) in [6.45, 7) is 1.30. The molecule has 11 nitrogen and oxygen atoms in total. The number of hydrogen-bond acceptors (Lipinski definition) is 10. The molecule has 2 aliphatic rings. The van der Waals surface area contributed by atoms with Crippen molar-refractivity contribution in [3.63, 3.8) is 0 Å². The number of ether oxygens (including phenoxy) is 1. The van der Waals surface area contributed by atoms with Gasteiger partial charge in [-0.2, -0.15) is 9.97 Å². The fourth-order valence-corrected chi connectivity index (χ4v) is 3.32. The van der Waals surface area contributed by atoms with Gasteiger partial charge in [0, 0.05) is 6.04 Å². The standard InChI is InChI=1S/C14H19N6O5P/c1-14(22)9(21)7(4-24-26-23)25-12(14)20-5-16-8-10(17-6-2-3-6)18-13(15)19-11(8)20/h5-7,9,12,21-22H,2-4H2,1H3,(H3,15,17,18,19)/t7-,9-,12-,14-/m1/s1. The predicted molar refractivity (Wildman–Crippen MR) is 90.5 cm³/mol. The van der Waals surface area contributed by atoms with Crippen molar-refractivity contribution >= 4 is 31.6 Å². The zero-order valence-corrected chi connectivity index (χ0v) is 14.8. The minimum atomic E-state index is -1.65. The third kappa shape index (κ3) is 2.91. The molecule has 2 aromatic rings. The number of imidazole rings is 1. The Morgan fingerprint density at radius 1 is 1.54 bits per heavy atom. The number of aromatic nitrogens is 4. The summed E-state index contributed by atoms with van der Waals surface area (Å²) in [5.74, 6) is 0.586. The molecule has 1 saturated heterocycles. The van der Waals surface area contributed by atoms with Crippen LogP contribution in [0.25, 0.3) is 11.2 Å². The van der Waals surface area contributed by atoms with Gasteiger partial charge >= 0.3 is 8.69 Å². The number of nitrogens with two attached hydrogens (primary N) is 1. The third-order valence-corrected chi connectivity index (χ3v) is 4.91. The van der Waals surface area contributed by atoms with Gasteiger partial charge in [0.2, 0.25) is 5.95 Å². The maximum atomic E-state index is 10.8. The van der Waals surface area contributed by atoms with E-state index in [1.54, 1.807) is 0 Å². The van der Waals surface area contributed by atoms with Gasteiger partial charge in [-0.3, -0.25) is 9.09 Å². The normalized spacial score (nSPS) is 31.7. The molecule has 2 aromatic heterocycles. The second-order valence-electron chi connectivity index (χ2n) is 6.74. The van der Waals surface area contributed by atoms with E-state index in [1.807, 2.05) is 0 Å². The van der Waals surface area contributed by atoms with Crippen LogP contribution in [0.1, 0.15) is 26.0 Å². The number of aliphatic hydroxyl groups is 2. The summed E-state index contributed by atoms with van der Waals surface area (Å²) < 4.78 is 22.5. The van der Waals surface area contributed by atoms with Crippen molar-refractivity contribution in [2.24, 2.45) is 0 Å². The quantitative estimate of drug-likeness (QED) is 0.509. The van der Waals surface area contributed by atoms with Crippen LogP contribution >= 0.6 is 8.69 Å². The summed E-state index contributed by atoms with van der Waals surface area (Å²) in [7, 11) is -0.531. The average molecular weight is 382 g/mol. The van der Waals surface area contributed by atoms with Gasteiger partial charge in [-0.05, 0) is 19.8 Å². The number of anilines is 2. The number of nitrogens with one attached hydrogen (secondary N) is 1. The van der Waals surface area contributed by atoms with E-state index in [-0.39, 0.29) is 12.6 Å². The molecule has 1 saturated carbocycles. The average Bonchev–Trinajstić information content (AvgIpc) is 3.26. The molecule has 5 N–H and O–H groups in total. The van der Waals surface area contributed by atoms with E-state index in [0.717, 1.165) is 12.8 Å². The summed E-state index contributed by atoms with van der Waals surface area (Å²) in [6, 6.07) is 0.345. The van der Waals surface area contributed by atoms with Crippen molar-refractivity contribution in [3.8, 4) is 0 Å². The molecule has 0 aromatic carbocycles. The maximum absolute atomic E-state index is 10.8. The van der Waals surface area contributed by atoms with Crippen LogP contribution in [0, 0.1) is 0 Å². The molecule has 140 valence electrons. The Bertz CT molecular complexity index is 841. The van der Waals surface area contributed by atoms with Crippen molar-refractivity contribution < 1.29 is 24.0 Å². The molecule has 4 rings (SSSR count). The van der Waals surface area contributed by atoms with Gasteiger partial charge in [0.15, 0.2) is 23.2 Å². The second-order valence-corrected chi connectivity index (χ2v) is 7.15. The second kappa shape index (κ2) is 6.36. The number of aliphatic hydroxyl groups excluding tert-OH is 1. The molecule has 12 heteroatoms. The molecule has 1 aliphatic carbocycles. The predicted octanol–water partition coefficient (Wildman–Crippen LogP) is 0.215. The number of fused-ring (bicyclic) bond motifs is 1. The summed E-state index contributed by atoms with van der Waals surface area (Å²) in [5, 5.41) is 24.4. The Hall–Kier alpha value is -1.91. The van der Waals surface area contributed by atoms with Gasteiger partial charge < -0.3 is 26.0 Å². The van der Waals surface area contributed by atoms with E-state index < -0.39 is 32.7 Å². The van der Waals surface area contributed by atoms with Crippen LogP contribution in [0.15, 0.2) is 6.33 Å². The van der Waals surface area contributed by atoms with Crippen LogP contribution in [-0.4, -0.2) is 60.2 Å². The highest BCUT2D eigenvalue weighted by atomic mass is 31.1. The first-order chi connectivity index (χ1) is 12.4. The molecule has 2 fully saturated rings. The smallest absolute Gasteiger partial charge is 0.327 e. The molecule has 0 unspecified atom stereocenters. The van der Waals surface area contributed by atoms with Crippen molar-refractivity contribution in [3.05, 3.63) is 6.33 Å². The summed E-state index contributed by atoms with van der Waals surface area (Å²) in [4.78, 5) is 12.7. The molecule has 0 amide bonds. The lowest BCUT2D eigenvalue weighted by Gasteiger charge is -2.27. The first-order valence-electron chi connectivity index (χ1n) is 8.19. The topological polar surface area (TPSA) is 158 Å². The largest absolute Gasteiger partial charge is 0.387 e. The van der Waals surface area contributed by atoms with E-state index >= 15 is 0 Å². The lowest BCUT2D eigenvalue weighted by atomic mass is 9.96. The molecule has 3 heterocycles. The summed E-state index contributed by atoms with van der Waals surface area (Å²) in [5.41, 5.74) is 5.05. The van der Waals surface area contributed by atoms with Crippen molar-refractivity contribution in [1.29, 1.82) is 0 Å². The van der Waals surface area contributed by atoms with Crippen molar-refractivity contribution in [2.75, 3.05) is 17.7 Å². The Morgan fingerprint density at radius 3 is 3.00 bits per heavy atom. The molecular formula is C14H19N6O5P. The molecule has 4 atom stereocenters. The van der Waals surface area contributed by atoms with Crippen LogP contribution < -0.4 is 11.1 Å². The molecule has 0 radical (unpaired) electrons. The molecule has 1 aliphatic heterocycles. The van der Waals surface area contributed by atoms with E-state index in [4.69, 9.17) is 15.0 Å². The summed E-state index contributed by atoms with van der Waals surface area (Å²) in [6.07, 6.45) is 0.464. The molecule has 0 bridgehead atoms. The number of nitrogens with zero attached hydrogens (tertiary/aromatic N) is 4. The minimum Gasteiger partial charge on any atom is -0.387 e. The van der Waals surface area contributed by atoms with Gasteiger partial charge in [-0.1, -0.05) is 0 Å². The van der Waals surface area contributed by atoms with E-state index in [2.05, 4.69) is 20.3 Å². The summed E-state index contributed by atoms with van der Waals surface area (Å²) >= 11 is 0. The number of nitrogen functional groups attached to an aromatic ring is 1. The van der Waals surface area contributed by atoms with Crippen molar-refractivity contribution in [2.45, 2.75) is 49.8 Å². The minimum absolute atomic E-state index is 0.0608. The van der Waals surface area contributed by atoms with Crippen LogP contribution in [0.5, 0.6) is 0 Å². The molecule has 26 heavy (non-hydrogen) atoms. The SMILES string of the molecule is C[C@@]1(O)[C@H](O)[C@@H](COP=O)O[C@H]1n1cnc2c(NC3CC3)nc(N)nc21. The molecule has 0 spiro atoms. The fourth-order valence-electron chi connectivity index (χ4n) is 3.11. The van der Waals surface area contributed by atoms with Gasteiger partial charge in [-0.25, -0.2) is 9.55 Å². The highest BCUT2D eigenvalue weighted by Gasteiger charge is 2.53. The van der Waals surface area contributed by atoms with Gasteiger partial charge in [0.1, 0.15) is 17.8 Å². The van der Waals surface area contributed by atoms with Crippen LogP contribution in [-0.2, 0) is 13.8 Å². The highest BCUT2D eigenvalue weighted by Crippen LogP contribution is 2.40. The van der Waals surface area contributed by atoms with E-state index in [1.165, 1.54) is 17.8 Å². The van der Waals surface area contributed by atoms with Gasteiger partial charge in [-0.15, -0.1) is 0 Å². The Balaban J connectivity index is 1.71. The van der Waals surface area contributed by atoms with E-state index in [0.29, 0.717) is 23.0 Å². The van der Waals surface area contributed by atoms with Gasteiger partial charge in [0.25, 0.3) is 0 Å². The van der Waals surface area contributed by atoms with Crippen LogP contribution in [0.3, 0.4) is 0 Å². The number of hydrogen-bond donors (Lipinski definition) is 4. The monoisotopic (exact) mass is 382 g/mol. The Labute approximate surface area is 149 Å². The molecular weight excluding hydrogens is 363 g/mol. The maximum Gasteiger partial charge on any atom is 0.327 e. The van der Waals surface area contributed by atoms with Gasteiger partial charge in [0.05, 0.1) is 12.9 Å². The fraction of sp³-hybridized carbons (Fsp3) is 0.643. The van der Waals surface area contributed by atoms with Crippen LogP contribution in [0.4, 0.5) is 11.8 Å². The third-order valence-electron chi connectivity index (χ3n) is 4.66. The van der Waals surface area contributed by atoms with Crippen molar-refractivity contribution in [1.82, 2.24) is 19.5 Å². The van der Waals surface area contributed by atoms with E-state index in [9.17, 15) is 14.8 Å². The lowest BCUT2D eigenvalue weighted by Crippen LogP contribution is -2.44. The van der Waals surface area contributed by atoms with Crippen LogP contribution in [0.2, 0.25) is 0 Å². The zero-order valence-electron chi connectivity index (χ0n) is 13.9. The highest BCUT2D eigenvalue weighted by molar-refractivity contribution is 7.17. The Kier molecular flexibility index (Phi) is 4.28. The first-order valence-corrected chi connectivity index (χ1v) is 8.92. The Morgan fingerprint density at radius 2 is 2.31 bits per heavy atom. The first kappa shape index (κ1) is 17.5. The number of rotatable bonds is 6. The zero-order chi connectivity index (χ0) is 18.5. The lowest BCUT2D eigenvalue weighted by molar-refractivity contribution is -0.0946.